The summed E-state index contributed by atoms with van der Waals surface area (Å²) in [6.45, 7) is 3.45. The lowest BCUT2D eigenvalue weighted by Gasteiger charge is -2.31. The first-order chi connectivity index (χ1) is 4.34. The molecule has 1 fully saturated rings. The number of nitrogens with zero attached hydrogens (tertiary/aromatic N) is 1. The number of piperidine rings is 1. The van der Waals surface area contributed by atoms with Crippen LogP contribution in [0.25, 0.3) is 0 Å². The van der Waals surface area contributed by atoms with E-state index in [0.29, 0.717) is 0 Å². The molecule has 1 heterocycles. The molecule has 1 unspecified atom stereocenters. The van der Waals surface area contributed by atoms with E-state index >= 15 is 0 Å². The largest absolute Gasteiger partial charge is 0.299 e. The minimum absolute atomic E-state index is 0.777. The zero-order chi connectivity index (χ0) is 6.69. The summed E-state index contributed by atoms with van der Waals surface area (Å²) in [5.41, 5.74) is 0. The van der Waals surface area contributed by atoms with Crippen molar-refractivity contribution < 1.29 is 0 Å². The van der Waals surface area contributed by atoms with Crippen molar-refractivity contribution in [1.82, 2.24) is 4.90 Å². The number of rotatable bonds is 1. The molecular weight excluding hydrogens is 110 g/mol. The van der Waals surface area contributed by atoms with Crippen molar-refractivity contribution in [3.05, 3.63) is 7.05 Å². The van der Waals surface area contributed by atoms with Gasteiger partial charge < -0.3 is 0 Å². The average Bonchev–Trinajstić information content (AvgIpc) is 1.89. The molecule has 0 aromatic rings. The highest BCUT2D eigenvalue weighted by Crippen LogP contribution is 2.17. The van der Waals surface area contributed by atoms with Gasteiger partial charge in [0.1, 0.15) is 0 Å². The monoisotopic (exact) mass is 126 g/mol. The van der Waals surface area contributed by atoms with Crippen molar-refractivity contribution in [2.75, 3.05) is 6.54 Å². The molecule has 1 radical (unpaired) electrons. The third-order valence-electron chi connectivity index (χ3n) is 2.22. The fraction of sp³-hybridized carbons (Fsp3) is 0.875. The minimum atomic E-state index is 0.777. The summed E-state index contributed by atoms with van der Waals surface area (Å²) in [6.07, 6.45) is 5.38. The van der Waals surface area contributed by atoms with Gasteiger partial charge in [0.2, 0.25) is 0 Å². The summed E-state index contributed by atoms with van der Waals surface area (Å²) in [4.78, 5) is 2.24. The standard InChI is InChI=1S/C8H16N/c1-3-8-6-4-5-7-9(8)2/h8H,2-7H2,1H3. The molecule has 0 spiro atoms. The molecule has 1 nitrogen and oxygen atoms in total. The fourth-order valence-corrected chi connectivity index (χ4v) is 1.52. The smallest absolute Gasteiger partial charge is 0.0112 e. The van der Waals surface area contributed by atoms with Gasteiger partial charge in [-0.25, -0.2) is 0 Å². The van der Waals surface area contributed by atoms with Crippen LogP contribution in [-0.2, 0) is 0 Å². The molecule has 0 saturated carbocycles. The molecule has 0 aromatic carbocycles. The molecule has 1 aliphatic heterocycles. The first kappa shape index (κ1) is 7.07. The predicted octanol–water partition coefficient (Wildman–Crippen LogP) is 2.04. The third kappa shape index (κ3) is 1.68. The number of hydrogen-bond donors (Lipinski definition) is 0. The molecule has 1 saturated heterocycles. The Hall–Kier alpha value is -0.0400. The summed E-state index contributed by atoms with van der Waals surface area (Å²) in [5.74, 6) is 0. The van der Waals surface area contributed by atoms with Crippen molar-refractivity contribution in [1.29, 1.82) is 0 Å². The predicted molar refractivity (Wildman–Crippen MR) is 40.0 cm³/mol. The Labute approximate surface area is 58.0 Å². The van der Waals surface area contributed by atoms with Gasteiger partial charge in [0.15, 0.2) is 0 Å². The maximum atomic E-state index is 3.98. The van der Waals surface area contributed by atoms with Crippen molar-refractivity contribution in [2.45, 2.75) is 38.6 Å². The highest BCUT2D eigenvalue weighted by Gasteiger charge is 2.15. The van der Waals surface area contributed by atoms with Crippen molar-refractivity contribution in [2.24, 2.45) is 0 Å². The Morgan fingerprint density at radius 3 is 2.78 bits per heavy atom. The van der Waals surface area contributed by atoms with Gasteiger partial charge in [-0.15, -0.1) is 0 Å². The second-order valence-corrected chi connectivity index (χ2v) is 2.87. The maximum Gasteiger partial charge on any atom is 0.0112 e. The molecule has 1 rings (SSSR count). The van der Waals surface area contributed by atoms with Crippen molar-refractivity contribution in [3.63, 3.8) is 0 Å². The van der Waals surface area contributed by atoms with Gasteiger partial charge in [0, 0.05) is 13.1 Å². The van der Waals surface area contributed by atoms with E-state index in [9.17, 15) is 0 Å². The first-order valence-electron chi connectivity index (χ1n) is 3.91. The zero-order valence-electron chi connectivity index (χ0n) is 6.27. The highest BCUT2D eigenvalue weighted by atomic mass is 15.1. The zero-order valence-corrected chi connectivity index (χ0v) is 6.27. The number of likely N-dealkylation sites (tertiary alicyclic amines) is 1. The summed E-state index contributed by atoms with van der Waals surface area (Å²) in [6, 6.07) is 0.777. The molecule has 9 heavy (non-hydrogen) atoms. The molecule has 0 aromatic heterocycles. The van der Waals surface area contributed by atoms with Crippen LogP contribution in [0.2, 0.25) is 0 Å². The van der Waals surface area contributed by atoms with Crippen LogP contribution in [-0.4, -0.2) is 17.5 Å². The SMILES string of the molecule is [CH2]N1CCCCC1CC. The van der Waals surface area contributed by atoms with E-state index in [-0.39, 0.29) is 0 Å². The van der Waals surface area contributed by atoms with E-state index in [1.54, 1.807) is 0 Å². The van der Waals surface area contributed by atoms with Crippen LogP contribution in [0.3, 0.4) is 0 Å². The highest BCUT2D eigenvalue weighted by molar-refractivity contribution is 4.74. The Bertz CT molecular complexity index is 80.6. The Balaban J connectivity index is 2.30. The Kier molecular flexibility index (Phi) is 2.52. The van der Waals surface area contributed by atoms with Gasteiger partial charge in [-0.05, 0) is 25.8 Å². The van der Waals surface area contributed by atoms with Crippen LogP contribution < -0.4 is 0 Å². The quantitative estimate of drug-likeness (QED) is 0.519. The van der Waals surface area contributed by atoms with Crippen LogP contribution in [0.15, 0.2) is 0 Å². The lowest BCUT2D eigenvalue weighted by Crippen LogP contribution is -2.33. The topological polar surface area (TPSA) is 3.24 Å². The summed E-state index contributed by atoms with van der Waals surface area (Å²) in [7, 11) is 3.98. The molecule has 0 N–H and O–H groups in total. The van der Waals surface area contributed by atoms with Crippen molar-refractivity contribution in [3.8, 4) is 0 Å². The van der Waals surface area contributed by atoms with Gasteiger partial charge >= 0.3 is 0 Å². The molecule has 1 atom stereocenters. The van der Waals surface area contributed by atoms with Crippen LogP contribution in [0.5, 0.6) is 0 Å². The second kappa shape index (κ2) is 3.21. The second-order valence-electron chi connectivity index (χ2n) is 2.87. The average molecular weight is 126 g/mol. The van der Waals surface area contributed by atoms with Gasteiger partial charge in [-0.1, -0.05) is 13.3 Å². The molecule has 1 heteroatoms. The molecule has 0 aliphatic carbocycles. The van der Waals surface area contributed by atoms with E-state index in [0.717, 1.165) is 6.04 Å². The summed E-state index contributed by atoms with van der Waals surface area (Å²) < 4.78 is 0. The third-order valence-corrected chi connectivity index (χ3v) is 2.22. The van der Waals surface area contributed by atoms with E-state index in [1.165, 1.54) is 32.2 Å². The molecule has 0 amide bonds. The summed E-state index contributed by atoms with van der Waals surface area (Å²) >= 11 is 0. The minimum Gasteiger partial charge on any atom is -0.299 e. The van der Waals surface area contributed by atoms with E-state index in [4.69, 9.17) is 0 Å². The maximum absolute atomic E-state index is 3.98. The normalized spacial score (nSPS) is 30.7. The lowest BCUT2D eigenvalue weighted by atomic mass is 10.0. The van der Waals surface area contributed by atoms with Gasteiger partial charge in [0.25, 0.3) is 0 Å². The van der Waals surface area contributed by atoms with Crippen molar-refractivity contribution >= 4 is 0 Å². The van der Waals surface area contributed by atoms with Crippen LogP contribution in [0.1, 0.15) is 32.6 Å². The van der Waals surface area contributed by atoms with Gasteiger partial charge in [-0.2, -0.15) is 0 Å². The molecular formula is C8H16N. The van der Waals surface area contributed by atoms with E-state index < -0.39 is 0 Å². The molecule has 0 bridgehead atoms. The Morgan fingerprint density at radius 1 is 1.56 bits per heavy atom. The van der Waals surface area contributed by atoms with Gasteiger partial charge in [-0.3, -0.25) is 4.90 Å². The fourth-order valence-electron chi connectivity index (χ4n) is 1.52. The molecule has 53 valence electrons. The van der Waals surface area contributed by atoms with E-state index in [2.05, 4.69) is 18.9 Å². The number of hydrogen-bond acceptors (Lipinski definition) is 1. The van der Waals surface area contributed by atoms with Gasteiger partial charge in [0.05, 0.1) is 0 Å². The molecule has 1 aliphatic rings. The van der Waals surface area contributed by atoms with Crippen LogP contribution >= 0.6 is 0 Å². The Morgan fingerprint density at radius 2 is 2.33 bits per heavy atom. The lowest BCUT2D eigenvalue weighted by molar-refractivity contribution is 0.204. The van der Waals surface area contributed by atoms with E-state index in [1.807, 2.05) is 0 Å². The van der Waals surface area contributed by atoms with Crippen LogP contribution in [0, 0.1) is 7.05 Å². The van der Waals surface area contributed by atoms with Crippen LogP contribution in [0.4, 0.5) is 0 Å². The summed E-state index contributed by atoms with van der Waals surface area (Å²) in [5, 5.41) is 0. The first-order valence-corrected chi connectivity index (χ1v) is 3.91.